The molecule has 4 fully saturated rings. The molecule has 168 valence electrons. The average Bonchev–Trinajstić information content (AvgIpc) is 2.98. The fourth-order valence-corrected chi connectivity index (χ4v) is 8.54. The van der Waals surface area contributed by atoms with Gasteiger partial charge >= 0.3 is 6.18 Å². The summed E-state index contributed by atoms with van der Waals surface area (Å²) in [7, 11) is 0. The van der Waals surface area contributed by atoms with E-state index in [2.05, 4.69) is 13.8 Å². The van der Waals surface area contributed by atoms with Crippen molar-refractivity contribution in [2.45, 2.75) is 109 Å². The minimum atomic E-state index is -4.48. The molecule has 5 heteroatoms. The highest BCUT2D eigenvalue weighted by Gasteiger charge is 2.59. The number of hydrogen-bond acceptors (Lipinski definition) is 2. The molecule has 29 heavy (non-hydrogen) atoms. The summed E-state index contributed by atoms with van der Waals surface area (Å²) in [6, 6.07) is 0. The molecule has 6 unspecified atom stereocenters. The fourth-order valence-electron chi connectivity index (χ4n) is 8.54. The summed E-state index contributed by atoms with van der Waals surface area (Å²) in [6.45, 7) is 4.92. The van der Waals surface area contributed by atoms with Gasteiger partial charge in [0.05, 0.1) is 6.10 Å². The van der Waals surface area contributed by atoms with E-state index in [1.54, 1.807) is 0 Å². The Hall–Kier alpha value is -0.290. The van der Waals surface area contributed by atoms with Gasteiger partial charge in [0.1, 0.15) is 6.10 Å². The molecule has 0 heterocycles. The van der Waals surface area contributed by atoms with Gasteiger partial charge in [0, 0.05) is 0 Å². The minimum Gasteiger partial charge on any atom is -0.393 e. The maximum absolute atomic E-state index is 12.6. The van der Waals surface area contributed by atoms with Crippen molar-refractivity contribution in [1.82, 2.24) is 0 Å². The zero-order chi connectivity index (χ0) is 21.0. The fraction of sp³-hybridized carbons (Fsp3) is 1.00. The van der Waals surface area contributed by atoms with E-state index in [4.69, 9.17) is 0 Å². The van der Waals surface area contributed by atoms with E-state index in [9.17, 15) is 23.4 Å². The highest BCUT2D eigenvalue weighted by molar-refractivity contribution is 5.09. The Kier molecular flexibility index (Phi) is 5.81. The zero-order valence-corrected chi connectivity index (χ0v) is 18.1. The van der Waals surface area contributed by atoms with E-state index in [0.29, 0.717) is 29.6 Å². The SMILES string of the molecule is CC12CCC3[C@@H](CCC4CC(O)CC[C@@]43C)C1CC[C@@H]2CCCC(O)C(F)(F)F. The summed E-state index contributed by atoms with van der Waals surface area (Å²) in [6.07, 6.45) is 4.80. The van der Waals surface area contributed by atoms with Gasteiger partial charge in [-0.25, -0.2) is 0 Å². The second-order valence-electron chi connectivity index (χ2n) is 11.4. The van der Waals surface area contributed by atoms with Crippen molar-refractivity contribution < 1.29 is 23.4 Å². The van der Waals surface area contributed by atoms with E-state index < -0.39 is 12.3 Å². The van der Waals surface area contributed by atoms with Crippen LogP contribution in [0.25, 0.3) is 0 Å². The molecule has 0 bridgehead atoms. The van der Waals surface area contributed by atoms with Gasteiger partial charge in [-0.2, -0.15) is 13.2 Å². The lowest BCUT2D eigenvalue weighted by Crippen LogP contribution is -2.53. The smallest absolute Gasteiger partial charge is 0.393 e. The lowest BCUT2D eigenvalue weighted by atomic mass is 9.44. The van der Waals surface area contributed by atoms with Gasteiger partial charge in [0.15, 0.2) is 0 Å². The summed E-state index contributed by atoms with van der Waals surface area (Å²) in [5, 5.41) is 19.5. The lowest BCUT2D eigenvalue weighted by molar-refractivity contribution is -0.205. The van der Waals surface area contributed by atoms with Gasteiger partial charge in [0.25, 0.3) is 0 Å². The maximum atomic E-state index is 12.6. The van der Waals surface area contributed by atoms with Crippen molar-refractivity contribution in [3.8, 4) is 0 Å². The maximum Gasteiger partial charge on any atom is 0.414 e. The first-order chi connectivity index (χ1) is 13.6. The van der Waals surface area contributed by atoms with Gasteiger partial charge in [-0.3, -0.25) is 0 Å². The molecule has 4 rings (SSSR count). The van der Waals surface area contributed by atoms with Crippen molar-refractivity contribution in [2.24, 2.45) is 40.4 Å². The number of fused-ring (bicyclic) bond motifs is 5. The molecule has 0 spiro atoms. The molecule has 0 aromatic carbocycles. The molecule has 0 radical (unpaired) electrons. The Labute approximate surface area is 173 Å². The third kappa shape index (κ3) is 3.77. The van der Waals surface area contributed by atoms with Crippen LogP contribution in [0.2, 0.25) is 0 Å². The molecular weight excluding hydrogens is 377 g/mol. The predicted octanol–water partition coefficient (Wildman–Crippen LogP) is 6.10. The van der Waals surface area contributed by atoms with Gasteiger partial charge in [-0.15, -0.1) is 0 Å². The molecule has 4 aliphatic carbocycles. The molecule has 9 atom stereocenters. The van der Waals surface area contributed by atoms with Crippen molar-refractivity contribution in [1.29, 1.82) is 0 Å². The molecule has 2 nitrogen and oxygen atoms in total. The molecule has 0 aromatic rings. The van der Waals surface area contributed by atoms with Crippen LogP contribution in [0, 0.1) is 40.4 Å². The third-order valence-corrected chi connectivity index (χ3v) is 10.2. The Balaban J connectivity index is 1.41. The van der Waals surface area contributed by atoms with Crippen LogP contribution in [-0.4, -0.2) is 28.6 Å². The number of aliphatic hydroxyl groups excluding tert-OH is 2. The first-order valence-electron chi connectivity index (χ1n) is 12.0. The molecule has 0 amide bonds. The quantitative estimate of drug-likeness (QED) is 0.581. The van der Waals surface area contributed by atoms with Crippen molar-refractivity contribution in [2.75, 3.05) is 0 Å². The summed E-state index contributed by atoms with van der Waals surface area (Å²) in [5.41, 5.74) is 0.639. The van der Waals surface area contributed by atoms with Crippen molar-refractivity contribution in [3.63, 3.8) is 0 Å². The van der Waals surface area contributed by atoms with Crippen LogP contribution in [0.1, 0.15) is 90.9 Å². The molecule has 0 aliphatic heterocycles. The number of rotatable bonds is 4. The standard InChI is InChI=1S/C24H39F3O2/c1-22-13-11-20-18(8-6-16-14-17(28)10-12-23(16,20)2)19(22)9-7-15(22)4-3-5-21(29)24(25,26)27/h15-21,28-29H,3-14H2,1-2H3/t15-,16?,17?,18-,19?,20?,21?,22?,23-/m0/s1. The average molecular weight is 417 g/mol. The molecular formula is C24H39F3O2. The lowest BCUT2D eigenvalue weighted by Gasteiger charge is -2.61. The van der Waals surface area contributed by atoms with Crippen LogP contribution in [0.3, 0.4) is 0 Å². The van der Waals surface area contributed by atoms with Gasteiger partial charge in [-0.1, -0.05) is 20.3 Å². The molecule has 0 aromatic heterocycles. The number of alkyl halides is 3. The van der Waals surface area contributed by atoms with Crippen LogP contribution in [0.4, 0.5) is 13.2 Å². The Bertz CT molecular complexity index is 593. The van der Waals surface area contributed by atoms with E-state index in [1.165, 1.54) is 32.1 Å². The number of aliphatic hydroxyl groups is 2. The predicted molar refractivity (Wildman–Crippen MR) is 107 cm³/mol. The van der Waals surface area contributed by atoms with Crippen molar-refractivity contribution in [3.05, 3.63) is 0 Å². The van der Waals surface area contributed by atoms with E-state index in [-0.39, 0.29) is 17.9 Å². The highest BCUT2D eigenvalue weighted by atomic mass is 19.4. The van der Waals surface area contributed by atoms with Gasteiger partial charge in [-0.05, 0) is 111 Å². The second-order valence-corrected chi connectivity index (χ2v) is 11.4. The van der Waals surface area contributed by atoms with Crippen LogP contribution < -0.4 is 0 Å². The number of hydrogen-bond donors (Lipinski definition) is 2. The van der Waals surface area contributed by atoms with Crippen molar-refractivity contribution >= 4 is 0 Å². The summed E-state index contributed by atoms with van der Waals surface area (Å²) in [5.74, 6) is 3.41. The third-order valence-electron chi connectivity index (χ3n) is 10.2. The van der Waals surface area contributed by atoms with Crippen LogP contribution in [0.5, 0.6) is 0 Å². The Morgan fingerprint density at radius 2 is 1.62 bits per heavy atom. The van der Waals surface area contributed by atoms with Crippen LogP contribution in [-0.2, 0) is 0 Å². The van der Waals surface area contributed by atoms with Crippen LogP contribution in [0.15, 0.2) is 0 Å². The number of halogens is 3. The first-order valence-corrected chi connectivity index (χ1v) is 12.0. The van der Waals surface area contributed by atoms with E-state index in [1.807, 2.05) is 0 Å². The summed E-state index contributed by atoms with van der Waals surface area (Å²) >= 11 is 0. The van der Waals surface area contributed by atoms with E-state index in [0.717, 1.165) is 43.9 Å². The summed E-state index contributed by atoms with van der Waals surface area (Å²) in [4.78, 5) is 0. The first kappa shape index (κ1) is 21.9. The normalized spacial score (nSPS) is 48.5. The zero-order valence-electron chi connectivity index (χ0n) is 18.1. The molecule has 4 saturated carbocycles. The van der Waals surface area contributed by atoms with Gasteiger partial charge in [0.2, 0.25) is 0 Å². The van der Waals surface area contributed by atoms with Gasteiger partial charge < -0.3 is 10.2 Å². The minimum absolute atomic E-state index is 0.110. The second kappa shape index (κ2) is 7.69. The van der Waals surface area contributed by atoms with Crippen LogP contribution >= 0.6 is 0 Å². The Morgan fingerprint density at radius 1 is 0.931 bits per heavy atom. The summed E-state index contributed by atoms with van der Waals surface area (Å²) < 4.78 is 37.8. The largest absolute Gasteiger partial charge is 0.414 e. The monoisotopic (exact) mass is 416 g/mol. The van der Waals surface area contributed by atoms with E-state index >= 15 is 0 Å². The molecule has 2 N–H and O–H groups in total. The topological polar surface area (TPSA) is 40.5 Å². The highest BCUT2D eigenvalue weighted by Crippen LogP contribution is 2.67. The Morgan fingerprint density at radius 3 is 2.34 bits per heavy atom. The molecule has 4 aliphatic rings. The molecule has 0 saturated heterocycles.